The molecule has 2 nitrogen and oxygen atoms in total. The summed E-state index contributed by atoms with van der Waals surface area (Å²) in [4.78, 5) is 4.40. The molecule has 0 aliphatic rings. The first-order valence-corrected chi connectivity index (χ1v) is 6.50. The van der Waals surface area contributed by atoms with Crippen LogP contribution in [0.5, 0.6) is 11.6 Å². The van der Waals surface area contributed by atoms with Gasteiger partial charge in [0.25, 0.3) is 0 Å². The Morgan fingerprint density at radius 1 is 1.00 bits per heavy atom. The van der Waals surface area contributed by atoms with E-state index in [2.05, 4.69) is 20.9 Å². The minimum absolute atomic E-state index is 0.314. The van der Waals surface area contributed by atoms with E-state index < -0.39 is 0 Å². The molecule has 0 amide bonds. The largest absolute Gasteiger partial charge is 0.438 e. The summed E-state index contributed by atoms with van der Waals surface area (Å²) in [6, 6.07) is 15.8. The van der Waals surface area contributed by atoms with E-state index >= 15 is 0 Å². The standard InChI is InChI=1S/C15H9BrFNO/c16-12-9-11(17)6-7-14(12)19-15-8-5-10-3-1-2-4-13(10)18-15/h1-9H. The zero-order valence-electron chi connectivity index (χ0n) is 9.81. The monoisotopic (exact) mass is 317 g/mol. The van der Waals surface area contributed by atoms with E-state index in [1.807, 2.05) is 30.3 Å². The van der Waals surface area contributed by atoms with Crippen molar-refractivity contribution in [1.29, 1.82) is 0 Å². The fraction of sp³-hybridized carbons (Fsp3) is 0. The van der Waals surface area contributed by atoms with Crippen LogP contribution >= 0.6 is 15.9 Å². The first kappa shape index (κ1) is 12.1. The van der Waals surface area contributed by atoms with Gasteiger partial charge < -0.3 is 4.74 Å². The van der Waals surface area contributed by atoms with Crippen LogP contribution in [0.3, 0.4) is 0 Å². The maximum atomic E-state index is 13.0. The SMILES string of the molecule is Fc1ccc(Oc2ccc3ccccc3n2)c(Br)c1. The number of rotatable bonds is 2. The van der Waals surface area contributed by atoms with E-state index in [0.29, 0.717) is 16.1 Å². The number of para-hydroxylation sites is 1. The topological polar surface area (TPSA) is 22.1 Å². The van der Waals surface area contributed by atoms with Crippen LogP contribution in [0.1, 0.15) is 0 Å². The normalized spacial score (nSPS) is 10.6. The molecule has 19 heavy (non-hydrogen) atoms. The predicted octanol–water partition coefficient (Wildman–Crippen LogP) is 4.93. The molecule has 0 spiro atoms. The fourth-order valence-electron chi connectivity index (χ4n) is 1.77. The molecule has 2 aromatic carbocycles. The lowest BCUT2D eigenvalue weighted by Gasteiger charge is -2.07. The fourth-order valence-corrected chi connectivity index (χ4v) is 2.21. The maximum absolute atomic E-state index is 13.0. The zero-order chi connectivity index (χ0) is 13.2. The van der Waals surface area contributed by atoms with Gasteiger partial charge in [0, 0.05) is 11.5 Å². The lowest BCUT2D eigenvalue weighted by Crippen LogP contribution is -1.90. The van der Waals surface area contributed by atoms with E-state index in [0.717, 1.165) is 10.9 Å². The molecule has 0 unspecified atom stereocenters. The molecule has 0 saturated carbocycles. The molecular weight excluding hydrogens is 309 g/mol. The van der Waals surface area contributed by atoms with Crippen molar-refractivity contribution < 1.29 is 9.13 Å². The van der Waals surface area contributed by atoms with Gasteiger partial charge in [-0.2, -0.15) is 0 Å². The average molecular weight is 318 g/mol. The first-order chi connectivity index (χ1) is 9.22. The molecule has 0 atom stereocenters. The van der Waals surface area contributed by atoms with E-state index in [4.69, 9.17) is 4.74 Å². The highest BCUT2D eigenvalue weighted by atomic mass is 79.9. The highest BCUT2D eigenvalue weighted by molar-refractivity contribution is 9.10. The molecule has 1 heterocycles. The summed E-state index contributed by atoms with van der Waals surface area (Å²) < 4.78 is 19.2. The van der Waals surface area contributed by atoms with Crippen LogP contribution in [-0.2, 0) is 0 Å². The van der Waals surface area contributed by atoms with Crippen LogP contribution in [-0.4, -0.2) is 4.98 Å². The van der Waals surface area contributed by atoms with Crippen molar-refractivity contribution in [2.45, 2.75) is 0 Å². The summed E-state index contributed by atoms with van der Waals surface area (Å²) >= 11 is 3.26. The van der Waals surface area contributed by atoms with Gasteiger partial charge in [0.15, 0.2) is 0 Å². The number of pyridine rings is 1. The molecule has 4 heteroatoms. The van der Waals surface area contributed by atoms with Gasteiger partial charge in [-0.25, -0.2) is 9.37 Å². The Morgan fingerprint density at radius 2 is 1.84 bits per heavy atom. The smallest absolute Gasteiger partial charge is 0.219 e. The van der Waals surface area contributed by atoms with Crippen molar-refractivity contribution in [2.75, 3.05) is 0 Å². The van der Waals surface area contributed by atoms with E-state index in [1.165, 1.54) is 12.1 Å². The molecule has 0 bridgehead atoms. The molecule has 0 aliphatic heterocycles. The third-order valence-corrected chi connectivity index (χ3v) is 3.30. The van der Waals surface area contributed by atoms with Gasteiger partial charge in [-0.15, -0.1) is 0 Å². The van der Waals surface area contributed by atoms with Crippen molar-refractivity contribution >= 4 is 26.8 Å². The van der Waals surface area contributed by atoms with Crippen LogP contribution in [0.2, 0.25) is 0 Å². The summed E-state index contributed by atoms with van der Waals surface area (Å²) in [6.07, 6.45) is 0. The Balaban J connectivity index is 1.96. The van der Waals surface area contributed by atoms with E-state index in [-0.39, 0.29) is 5.82 Å². The second-order valence-corrected chi connectivity index (χ2v) is 4.87. The van der Waals surface area contributed by atoms with Crippen molar-refractivity contribution in [1.82, 2.24) is 4.98 Å². The summed E-state index contributed by atoms with van der Waals surface area (Å²) in [5, 5.41) is 1.05. The van der Waals surface area contributed by atoms with Crippen LogP contribution in [0, 0.1) is 5.82 Å². The predicted molar refractivity (Wildman–Crippen MR) is 75.9 cm³/mol. The minimum atomic E-state index is -0.314. The molecule has 1 aromatic heterocycles. The van der Waals surface area contributed by atoms with Gasteiger partial charge in [-0.05, 0) is 46.3 Å². The molecule has 0 saturated heterocycles. The number of ether oxygens (including phenoxy) is 1. The van der Waals surface area contributed by atoms with Gasteiger partial charge in [-0.3, -0.25) is 0 Å². The van der Waals surface area contributed by atoms with Crippen LogP contribution in [0.25, 0.3) is 10.9 Å². The van der Waals surface area contributed by atoms with E-state index in [1.54, 1.807) is 12.1 Å². The molecule has 94 valence electrons. The number of hydrogen-bond donors (Lipinski definition) is 0. The number of halogens is 2. The summed E-state index contributed by atoms with van der Waals surface area (Å²) in [6.45, 7) is 0. The van der Waals surface area contributed by atoms with Crippen molar-refractivity contribution in [3.8, 4) is 11.6 Å². The zero-order valence-corrected chi connectivity index (χ0v) is 11.4. The van der Waals surface area contributed by atoms with Gasteiger partial charge in [0.2, 0.25) is 5.88 Å². The lowest BCUT2D eigenvalue weighted by atomic mass is 10.2. The molecular formula is C15H9BrFNO. The molecule has 0 aliphatic carbocycles. The van der Waals surface area contributed by atoms with E-state index in [9.17, 15) is 4.39 Å². The van der Waals surface area contributed by atoms with Crippen LogP contribution in [0.4, 0.5) is 4.39 Å². The second kappa shape index (κ2) is 4.97. The highest BCUT2D eigenvalue weighted by Crippen LogP contribution is 2.30. The number of benzene rings is 2. The number of hydrogen-bond acceptors (Lipinski definition) is 2. The second-order valence-electron chi connectivity index (χ2n) is 4.02. The minimum Gasteiger partial charge on any atom is -0.438 e. The molecule has 3 rings (SSSR count). The molecule has 0 N–H and O–H groups in total. The average Bonchev–Trinajstić information content (AvgIpc) is 2.42. The van der Waals surface area contributed by atoms with Crippen LogP contribution < -0.4 is 4.74 Å². The van der Waals surface area contributed by atoms with Crippen LogP contribution in [0.15, 0.2) is 59.1 Å². The van der Waals surface area contributed by atoms with Crippen molar-refractivity contribution in [3.05, 3.63) is 64.9 Å². The number of nitrogens with zero attached hydrogens (tertiary/aromatic N) is 1. The van der Waals surface area contributed by atoms with Crippen molar-refractivity contribution in [3.63, 3.8) is 0 Å². The third kappa shape index (κ3) is 2.58. The maximum Gasteiger partial charge on any atom is 0.219 e. The summed E-state index contributed by atoms with van der Waals surface area (Å²) in [7, 11) is 0. The van der Waals surface area contributed by atoms with Gasteiger partial charge in [-0.1, -0.05) is 18.2 Å². The highest BCUT2D eigenvalue weighted by Gasteiger charge is 2.05. The molecule has 3 aromatic rings. The Kier molecular flexibility index (Phi) is 3.17. The molecule has 0 fully saturated rings. The van der Waals surface area contributed by atoms with Gasteiger partial charge >= 0.3 is 0 Å². The summed E-state index contributed by atoms with van der Waals surface area (Å²) in [5.41, 5.74) is 0.859. The van der Waals surface area contributed by atoms with Crippen molar-refractivity contribution in [2.24, 2.45) is 0 Å². The quantitative estimate of drug-likeness (QED) is 0.668. The Bertz CT molecular complexity index is 745. The van der Waals surface area contributed by atoms with Gasteiger partial charge in [0.05, 0.1) is 9.99 Å². The Morgan fingerprint density at radius 3 is 2.68 bits per heavy atom. The Labute approximate surface area is 118 Å². The lowest BCUT2D eigenvalue weighted by molar-refractivity contribution is 0.460. The first-order valence-electron chi connectivity index (χ1n) is 5.71. The number of aromatic nitrogens is 1. The number of fused-ring (bicyclic) bond motifs is 1. The third-order valence-electron chi connectivity index (χ3n) is 2.68. The molecule has 0 radical (unpaired) electrons. The summed E-state index contributed by atoms with van der Waals surface area (Å²) in [5.74, 6) is 0.695. The van der Waals surface area contributed by atoms with Gasteiger partial charge in [0.1, 0.15) is 11.6 Å². The Hall–Kier alpha value is -1.94.